The first-order valence-corrected chi connectivity index (χ1v) is 3.45. The Morgan fingerprint density at radius 2 is 2.10 bits per heavy atom. The van der Waals surface area contributed by atoms with E-state index in [1.165, 1.54) is 0 Å². The third kappa shape index (κ3) is 1.00. The normalized spacial score (nSPS) is 37.6. The molecule has 0 bridgehead atoms. The maximum absolute atomic E-state index is 4.99. The van der Waals surface area contributed by atoms with Gasteiger partial charge in [-0.05, 0) is 6.42 Å². The molecule has 0 spiro atoms. The van der Waals surface area contributed by atoms with Crippen LogP contribution in [0, 0.1) is 12.5 Å². The summed E-state index contributed by atoms with van der Waals surface area (Å²) in [6, 6.07) is 0. The number of fused-ring (bicyclic) bond motifs is 1. The summed E-state index contributed by atoms with van der Waals surface area (Å²) in [6.45, 7) is 1.70. The molecule has 0 aromatic carbocycles. The van der Waals surface area contributed by atoms with Gasteiger partial charge in [-0.2, -0.15) is 0 Å². The van der Waals surface area contributed by atoms with E-state index < -0.39 is 0 Å². The van der Waals surface area contributed by atoms with E-state index in [4.69, 9.17) is 9.78 Å². The van der Waals surface area contributed by atoms with Crippen LogP contribution in [0.2, 0.25) is 0 Å². The van der Waals surface area contributed by atoms with E-state index in [1.807, 2.05) is 18.2 Å². The maximum atomic E-state index is 4.99. The van der Waals surface area contributed by atoms with Crippen molar-refractivity contribution < 1.29 is 9.78 Å². The fourth-order valence-electron chi connectivity index (χ4n) is 1.20. The van der Waals surface area contributed by atoms with Crippen molar-refractivity contribution in [3.05, 3.63) is 30.9 Å². The van der Waals surface area contributed by atoms with Crippen molar-refractivity contribution in [1.29, 1.82) is 0 Å². The standard InChI is InChI=1S/C8H9O2/c1-2-4-8-7(3-1)5-6-9-10-8/h1-4,6-8H,5H2. The summed E-state index contributed by atoms with van der Waals surface area (Å²) in [5.74, 6) is 0.485. The van der Waals surface area contributed by atoms with Crippen LogP contribution >= 0.6 is 0 Å². The highest BCUT2D eigenvalue weighted by atomic mass is 17.2. The number of hydrogen-bond acceptors (Lipinski definition) is 2. The predicted octanol–water partition coefficient (Wildman–Crippen LogP) is 1.61. The zero-order valence-corrected chi connectivity index (χ0v) is 5.57. The van der Waals surface area contributed by atoms with E-state index in [9.17, 15) is 0 Å². The second kappa shape index (κ2) is 2.56. The molecule has 0 amide bonds. The molecule has 2 heteroatoms. The van der Waals surface area contributed by atoms with Crippen LogP contribution < -0.4 is 0 Å². The largest absolute Gasteiger partial charge is 0.230 e. The molecule has 0 aromatic rings. The Bertz CT molecular complexity index is 152. The van der Waals surface area contributed by atoms with Crippen molar-refractivity contribution >= 4 is 0 Å². The van der Waals surface area contributed by atoms with E-state index in [2.05, 4.69) is 6.08 Å². The van der Waals surface area contributed by atoms with E-state index in [0.717, 1.165) is 6.42 Å². The van der Waals surface area contributed by atoms with Crippen LogP contribution in [0.4, 0.5) is 0 Å². The summed E-state index contributed by atoms with van der Waals surface area (Å²) >= 11 is 0. The highest BCUT2D eigenvalue weighted by Crippen LogP contribution is 2.25. The smallest absolute Gasteiger partial charge is 0.123 e. The molecule has 1 heterocycles. The van der Waals surface area contributed by atoms with Crippen LogP contribution in [-0.4, -0.2) is 6.10 Å². The lowest BCUT2D eigenvalue weighted by Crippen LogP contribution is -2.26. The van der Waals surface area contributed by atoms with Crippen LogP contribution in [0.1, 0.15) is 6.42 Å². The fourth-order valence-corrected chi connectivity index (χ4v) is 1.20. The molecule has 2 unspecified atom stereocenters. The lowest BCUT2D eigenvalue weighted by molar-refractivity contribution is -0.316. The molecule has 0 N–H and O–H groups in total. The van der Waals surface area contributed by atoms with E-state index in [1.54, 1.807) is 6.61 Å². The molecule has 2 rings (SSSR count). The minimum Gasteiger partial charge on any atom is -0.230 e. The summed E-state index contributed by atoms with van der Waals surface area (Å²) in [4.78, 5) is 9.72. The second-order valence-corrected chi connectivity index (χ2v) is 2.49. The van der Waals surface area contributed by atoms with Gasteiger partial charge in [-0.15, -0.1) is 0 Å². The molecule has 53 valence electrons. The Morgan fingerprint density at radius 3 is 3.00 bits per heavy atom. The van der Waals surface area contributed by atoms with Gasteiger partial charge in [-0.3, -0.25) is 0 Å². The van der Waals surface area contributed by atoms with E-state index in [-0.39, 0.29) is 6.10 Å². The van der Waals surface area contributed by atoms with Gasteiger partial charge in [0.2, 0.25) is 0 Å². The summed E-state index contributed by atoms with van der Waals surface area (Å²) in [6.07, 6.45) is 9.27. The first kappa shape index (κ1) is 6.13. The molecule has 1 radical (unpaired) electrons. The summed E-state index contributed by atoms with van der Waals surface area (Å²) in [5, 5.41) is 0. The predicted molar refractivity (Wildman–Crippen MR) is 36.6 cm³/mol. The third-order valence-electron chi connectivity index (χ3n) is 1.80. The Labute approximate surface area is 60.1 Å². The van der Waals surface area contributed by atoms with Gasteiger partial charge in [0.05, 0.1) is 0 Å². The van der Waals surface area contributed by atoms with E-state index >= 15 is 0 Å². The first-order valence-electron chi connectivity index (χ1n) is 3.45. The molecule has 2 nitrogen and oxygen atoms in total. The molecule has 1 aliphatic carbocycles. The maximum Gasteiger partial charge on any atom is 0.123 e. The van der Waals surface area contributed by atoms with Gasteiger partial charge in [-0.25, -0.2) is 9.78 Å². The number of rotatable bonds is 0. The topological polar surface area (TPSA) is 18.5 Å². The summed E-state index contributed by atoms with van der Waals surface area (Å²) in [5.41, 5.74) is 0. The SMILES string of the molecule is [CH]1CC2C=CC=CC2OO1. The van der Waals surface area contributed by atoms with Gasteiger partial charge in [0.1, 0.15) is 12.7 Å². The van der Waals surface area contributed by atoms with Gasteiger partial charge in [0.15, 0.2) is 0 Å². The summed E-state index contributed by atoms with van der Waals surface area (Å²) in [7, 11) is 0. The minimum atomic E-state index is 0.134. The van der Waals surface area contributed by atoms with Crippen LogP contribution in [0.3, 0.4) is 0 Å². The molecule has 2 aliphatic rings. The molecule has 0 aromatic heterocycles. The number of allylic oxidation sites excluding steroid dienone is 2. The molecule has 1 saturated heterocycles. The van der Waals surface area contributed by atoms with Crippen molar-refractivity contribution in [2.75, 3.05) is 0 Å². The average Bonchev–Trinajstić information content (AvgIpc) is 2.05. The highest BCUT2D eigenvalue weighted by Gasteiger charge is 2.24. The molecule has 1 aliphatic heterocycles. The van der Waals surface area contributed by atoms with Crippen molar-refractivity contribution in [3.63, 3.8) is 0 Å². The Morgan fingerprint density at radius 1 is 1.20 bits per heavy atom. The average molecular weight is 137 g/mol. The van der Waals surface area contributed by atoms with Crippen molar-refractivity contribution in [3.8, 4) is 0 Å². The lowest BCUT2D eigenvalue weighted by Gasteiger charge is -2.26. The number of hydrogen-bond donors (Lipinski definition) is 0. The van der Waals surface area contributed by atoms with Gasteiger partial charge < -0.3 is 0 Å². The van der Waals surface area contributed by atoms with Crippen LogP contribution in [0.25, 0.3) is 0 Å². The molecular weight excluding hydrogens is 128 g/mol. The van der Waals surface area contributed by atoms with E-state index in [0.29, 0.717) is 5.92 Å². The zero-order valence-electron chi connectivity index (χ0n) is 5.57. The molecule has 1 fully saturated rings. The first-order chi connectivity index (χ1) is 4.97. The Kier molecular flexibility index (Phi) is 1.57. The summed E-state index contributed by atoms with van der Waals surface area (Å²) < 4.78 is 0. The van der Waals surface area contributed by atoms with Crippen LogP contribution in [0.15, 0.2) is 24.3 Å². The van der Waals surface area contributed by atoms with Crippen molar-refractivity contribution in [1.82, 2.24) is 0 Å². The fraction of sp³-hybridized carbons (Fsp3) is 0.375. The monoisotopic (exact) mass is 137 g/mol. The van der Waals surface area contributed by atoms with Crippen LogP contribution in [-0.2, 0) is 9.78 Å². The van der Waals surface area contributed by atoms with Gasteiger partial charge >= 0.3 is 0 Å². The minimum absolute atomic E-state index is 0.134. The third-order valence-corrected chi connectivity index (χ3v) is 1.80. The van der Waals surface area contributed by atoms with Crippen LogP contribution in [0.5, 0.6) is 0 Å². The molecular formula is C8H9O2. The zero-order chi connectivity index (χ0) is 6.81. The van der Waals surface area contributed by atoms with Gasteiger partial charge in [0.25, 0.3) is 0 Å². The second-order valence-electron chi connectivity index (χ2n) is 2.49. The highest BCUT2D eigenvalue weighted by molar-refractivity contribution is 5.16. The molecule has 2 atom stereocenters. The Balaban J connectivity index is 2.09. The Hall–Kier alpha value is -0.600. The van der Waals surface area contributed by atoms with Gasteiger partial charge in [-0.1, -0.05) is 24.3 Å². The lowest BCUT2D eigenvalue weighted by atomic mass is 9.94. The van der Waals surface area contributed by atoms with Crippen molar-refractivity contribution in [2.45, 2.75) is 12.5 Å². The van der Waals surface area contributed by atoms with Gasteiger partial charge in [0, 0.05) is 5.92 Å². The van der Waals surface area contributed by atoms with Crippen molar-refractivity contribution in [2.24, 2.45) is 5.92 Å². The quantitative estimate of drug-likeness (QED) is 0.472. The molecule has 10 heavy (non-hydrogen) atoms. The molecule has 0 saturated carbocycles.